The summed E-state index contributed by atoms with van der Waals surface area (Å²) in [5, 5.41) is 0. The van der Waals surface area contributed by atoms with Crippen LogP contribution in [0.4, 0.5) is 4.79 Å². The van der Waals surface area contributed by atoms with Crippen molar-refractivity contribution < 1.29 is 14.3 Å². The Hall–Kier alpha value is -2.29. The van der Waals surface area contributed by atoms with Crippen LogP contribution in [0.15, 0.2) is 48.5 Å². The van der Waals surface area contributed by atoms with E-state index in [1.165, 1.54) is 11.1 Å². The first-order chi connectivity index (χ1) is 12.1. The summed E-state index contributed by atoms with van der Waals surface area (Å²) in [6, 6.07) is 16.2. The molecule has 0 aliphatic heterocycles. The minimum Gasteiger partial charge on any atom is -0.429 e. The van der Waals surface area contributed by atoms with Gasteiger partial charge in [0.25, 0.3) is 0 Å². The molecule has 0 amide bonds. The van der Waals surface area contributed by atoms with Crippen LogP contribution in [-0.2, 0) is 33.5 Å². The average molecular weight is 354 g/mol. The Labute approximate surface area is 157 Å². The maximum atomic E-state index is 11.8. The highest BCUT2D eigenvalue weighted by Gasteiger charge is 2.14. The molecule has 0 saturated carbocycles. The fourth-order valence-corrected chi connectivity index (χ4v) is 2.53. The number of carbonyl (C=O) groups is 1. The molecule has 0 aliphatic carbocycles. The van der Waals surface area contributed by atoms with Gasteiger partial charge in [-0.1, -0.05) is 90.1 Å². The van der Waals surface area contributed by atoms with Crippen molar-refractivity contribution in [3.8, 4) is 0 Å². The van der Waals surface area contributed by atoms with Crippen molar-refractivity contribution in [2.75, 3.05) is 0 Å². The lowest BCUT2D eigenvalue weighted by atomic mass is 9.87. The molecule has 0 radical (unpaired) electrons. The van der Waals surface area contributed by atoms with Crippen molar-refractivity contribution in [2.45, 2.75) is 65.6 Å². The quantitative estimate of drug-likeness (QED) is 0.619. The van der Waals surface area contributed by atoms with E-state index in [1.807, 2.05) is 24.3 Å². The highest BCUT2D eigenvalue weighted by Crippen LogP contribution is 2.23. The summed E-state index contributed by atoms with van der Waals surface area (Å²) >= 11 is 0. The number of hydrogen-bond donors (Lipinski definition) is 0. The van der Waals surface area contributed by atoms with Crippen molar-refractivity contribution in [3.63, 3.8) is 0 Å². The first-order valence-corrected chi connectivity index (χ1v) is 9.04. The van der Waals surface area contributed by atoms with Gasteiger partial charge in [-0.3, -0.25) is 0 Å². The summed E-state index contributed by atoms with van der Waals surface area (Å²) in [5.74, 6) is 0. The van der Waals surface area contributed by atoms with E-state index in [0.29, 0.717) is 0 Å². The van der Waals surface area contributed by atoms with Crippen LogP contribution in [0.3, 0.4) is 0 Å². The summed E-state index contributed by atoms with van der Waals surface area (Å²) in [5.41, 5.74) is 4.63. The van der Waals surface area contributed by atoms with Gasteiger partial charge >= 0.3 is 6.16 Å². The van der Waals surface area contributed by atoms with Gasteiger partial charge in [0.2, 0.25) is 0 Å². The van der Waals surface area contributed by atoms with E-state index in [9.17, 15) is 4.79 Å². The SMILES string of the molecule is CC(C)(C)c1ccc(COC(=O)OCc2ccc(C(C)(C)C)cc2)cc1. The third-order valence-electron chi connectivity index (χ3n) is 4.35. The molecule has 2 aromatic carbocycles. The van der Waals surface area contributed by atoms with Gasteiger partial charge in [-0.2, -0.15) is 0 Å². The molecule has 2 aromatic rings. The van der Waals surface area contributed by atoms with Crippen molar-refractivity contribution in [2.24, 2.45) is 0 Å². The average Bonchev–Trinajstić information content (AvgIpc) is 2.57. The standard InChI is InChI=1S/C23H30O3/c1-22(2,3)19-11-7-17(8-12-19)15-25-21(24)26-16-18-9-13-20(14-10-18)23(4,5)6/h7-14H,15-16H2,1-6H3. The molecule has 0 heterocycles. The molecule has 0 N–H and O–H groups in total. The minimum atomic E-state index is -0.648. The van der Waals surface area contributed by atoms with Crippen LogP contribution < -0.4 is 0 Å². The van der Waals surface area contributed by atoms with Gasteiger partial charge in [0.05, 0.1) is 0 Å². The predicted molar refractivity (Wildman–Crippen MR) is 105 cm³/mol. The van der Waals surface area contributed by atoms with Crippen LogP contribution in [0, 0.1) is 0 Å². The van der Waals surface area contributed by atoms with E-state index in [1.54, 1.807) is 0 Å². The summed E-state index contributed by atoms with van der Waals surface area (Å²) in [7, 11) is 0. The first kappa shape index (κ1) is 20.0. The second-order valence-corrected chi connectivity index (χ2v) is 8.72. The smallest absolute Gasteiger partial charge is 0.429 e. The van der Waals surface area contributed by atoms with Gasteiger partial charge < -0.3 is 9.47 Å². The Morgan fingerprint density at radius 2 is 0.962 bits per heavy atom. The van der Waals surface area contributed by atoms with E-state index < -0.39 is 6.16 Å². The molecule has 0 spiro atoms. The molecule has 0 bridgehead atoms. The molecule has 0 saturated heterocycles. The number of rotatable bonds is 4. The molecule has 0 unspecified atom stereocenters. The molecule has 3 nitrogen and oxygen atoms in total. The zero-order valence-electron chi connectivity index (χ0n) is 16.8. The van der Waals surface area contributed by atoms with Crippen molar-refractivity contribution in [3.05, 3.63) is 70.8 Å². The van der Waals surface area contributed by atoms with Crippen molar-refractivity contribution >= 4 is 6.16 Å². The molecule has 0 aromatic heterocycles. The van der Waals surface area contributed by atoms with Gasteiger partial charge in [0, 0.05) is 0 Å². The van der Waals surface area contributed by atoms with Gasteiger partial charge in [0.15, 0.2) is 0 Å². The molecule has 2 rings (SSSR count). The molecule has 26 heavy (non-hydrogen) atoms. The molecule has 140 valence electrons. The van der Waals surface area contributed by atoms with Gasteiger partial charge in [-0.25, -0.2) is 4.79 Å². The Morgan fingerprint density at radius 1 is 0.654 bits per heavy atom. The van der Waals surface area contributed by atoms with Crippen LogP contribution in [0.25, 0.3) is 0 Å². The Balaban J connectivity index is 1.80. The largest absolute Gasteiger partial charge is 0.508 e. The number of ether oxygens (including phenoxy) is 2. The van der Waals surface area contributed by atoms with Crippen LogP contribution in [0.5, 0.6) is 0 Å². The monoisotopic (exact) mass is 354 g/mol. The molecular formula is C23H30O3. The van der Waals surface area contributed by atoms with Crippen molar-refractivity contribution in [1.29, 1.82) is 0 Å². The fourth-order valence-electron chi connectivity index (χ4n) is 2.53. The number of benzene rings is 2. The molecule has 0 aliphatic rings. The maximum absolute atomic E-state index is 11.8. The highest BCUT2D eigenvalue weighted by molar-refractivity contribution is 5.60. The van der Waals surface area contributed by atoms with Crippen LogP contribution in [-0.4, -0.2) is 6.16 Å². The Bertz CT molecular complexity index is 651. The second-order valence-electron chi connectivity index (χ2n) is 8.72. The Kier molecular flexibility index (Phi) is 6.12. The van der Waals surface area contributed by atoms with E-state index in [2.05, 4.69) is 65.8 Å². The third kappa shape index (κ3) is 5.91. The lowest BCUT2D eigenvalue weighted by molar-refractivity contribution is 0.0446. The lowest BCUT2D eigenvalue weighted by Gasteiger charge is -2.19. The predicted octanol–water partition coefficient (Wildman–Crippen LogP) is 6.14. The number of hydrogen-bond acceptors (Lipinski definition) is 3. The zero-order chi connectivity index (χ0) is 19.4. The van der Waals surface area contributed by atoms with Gasteiger partial charge in [-0.05, 0) is 33.1 Å². The minimum absolute atomic E-state index is 0.112. The Morgan fingerprint density at radius 3 is 1.23 bits per heavy atom. The van der Waals surface area contributed by atoms with Gasteiger partial charge in [-0.15, -0.1) is 0 Å². The van der Waals surface area contributed by atoms with E-state index >= 15 is 0 Å². The van der Waals surface area contributed by atoms with Gasteiger partial charge in [0.1, 0.15) is 13.2 Å². The van der Waals surface area contributed by atoms with E-state index in [0.717, 1.165) is 11.1 Å². The van der Waals surface area contributed by atoms with Crippen LogP contribution in [0.2, 0.25) is 0 Å². The first-order valence-electron chi connectivity index (χ1n) is 9.04. The fraction of sp³-hybridized carbons (Fsp3) is 0.435. The topological polar surface area (TPSA) is 35.5 Å². The zero-order valence-corrected chi connectivity index (χ0v) is 16.8. The lowest BCUT2D eigenvalue weighted by Crippen LogP contribution is -2.12. The van der Waals surface area contributed by atoms with E-state index in [-0.39, 0.29) is 24.0 Å². The van der Waals surface area contributed by atoms with E-state index in [4.69, 9.17) is 9.47 Å². The summed E-state index contributed by atoms with van der Waals surface area (Å²) in [4.78, 5) is 11.8. The summed E-state index contributed by atoms with van der Waals surface area (Å²) < 4.78 is 10.4. The molecule has 3 heteroatoms. The van der Waals surface area contributed by atoms with Crippen LogP contribution >= 0.6 is 0 Å². The summed E-state index contributed by atoms with van der Waals surface area (Å²) in [6.07, 6.45) is -0.648. The molecule has 0 fully saturated rings. The van der Waals surface area contributed by atoms with Crippen molar-refractivity contribution in [1.82, 2.24) is 0 Å². The highest BCUT2D eigenvalue weighted by atomic mass is 16.7. The molecule has 0 atom stereocenters. The molecular weight excluding hydrogens is 324 g/mol. The maximum Gasteiger partial charge on any atom is 0.508 e. The second kappa shape index (κ2) is 7.94. The summed E-state index contributed by atoms with van der Waals surface area (Å²) in [6.45, 7) is 13.5. The number of carbonyl (C=O) groups excluding carboxylic acids is 1. The third-order valence-corrected chi connectivity index (χ3v) is 4.35. The normalized spacial score (nSPS) is 11.9. The van der Waals surface area contributed by atoms with Crippen LogP contribution in [0.1, 0.15) is 63.8 Å².